The molecule has 0 spiro atoms. The lowest BCUT2D eigenvalue weighted by Gasteiger charge is -2.08. The summed E-state index contributed by atoms with van der Waals surface area (Å²) in [4.78, 5) is 15.2. The highest BCUT2D eigenvalue weighted by atomic mass is 35.5. The number of benzene rings is 2. The Morgan fingerprint density at radius 2 is 1.91 bits per heavy atom. The minimum absolute atomic E-state index is 0. The third-order valence-electron chi connectivity index (χ3n) is 4.37. The van der Waals surface area contributed by atoms with Crippen molar-refractivity contribution < 1.29 is 27.2 Å². The summed E-state index contributed by atoms with van der Waals surface area (Å²) >= 11 is 0. The zero-order valence-corrected chi connectivity index (χ0v) is 17.4. The lowest BCUT2D eigenvalue weighted by Crippen LogP contribution is -2.17. The third-order valence-corrected chi connectivity index (χ3v) is 4.37. The second kappa shape index (κ2) is 9.23. The number of aromatic nitrogens is 4. The molecule has 0 saturated heterocycles. The van der Waals surface area contributed by atoms with E-state index in [4.69, 9.17) is 4.52 Å². The van der Waals surface area contributed by atoms with Crippen molar-refractivity contribution in [1.29, 1.82) is 0 Å². The zero-order valence-electron chi connectivity index (χ0n) is 16.5. The molecule has 166 valence electrons. The highest BCUT2D eigenvalue weighted by Crippen LogP contribution is 2.28. The normalized spacial score (nSPS) is 11.1. The van der Waals surface area contributed by atoms with Gasteiger partial charge in [0.2, 0.25) is 5.82 Å². The highest BCUT2D eigenvalue weighted by Gasteiger charge is 2.31. The first-order valence-corrected chi connectivity index (χ1v) is 9.09. The molecule has 7 nitrogen and oxygen atoms in total. The van der Waals surface area contributed by atoms with E-state index in [-0.39, 0.29) is 29.9 Å². The first-order chi connectivity index (χ1) is 14.8. The van der Waals surface area contributed by atoms with Crippen LogP contribution in [0.2, 0.25) is 0 Å². The Kier molecular flexibility index (Phi) is 6.64. The fourth-order valence-corrected chi connectivity index (χ4v) is 2.99. The van der Waals surface area contributed by atoms with E-state index in [0.717, 1.165) is 17.5 Å². The first-order valence-electron chi connectivity index (χ1n) is 9.09. The van der Waals surface area contributed by atoms with E-state index in [2.05, 4.69) is 20.0 Å². The number of aldehydes is 1. The van der Waals surface area contributed by atoms with Crippen molar-refractivity contribution in [2.24, 2.45) is 0 Å². The lowest BCUT2D eigenvalue weighted by atomic mass is 10.1. The molecule has 2 aromatic carbocycles. The van der Waals surface area contributed by atoms with E-state index in [1.165, 1.54) is 18.2 Å². The second-order valence-electron chi connectivity index (χ2n) is 6.69. The summed E-state index contributed by atoms with van der Waals surface area (Å²) in [7, 11) is 0. The molecule has 0 saturated carbocycles. The van der Waals surface area contributed by atoms with Crippen LogP contribution >= 0.6 is 12.4 Å². The summed E-state index contributed by atoms with van der Waals surface area (Å²) in [6.07, 6.45) is -4.02. The number of aryl methyl sites for hydroxylation is 1. The summed E-state index contributed by atoms with van der Waals surface area (Å²) in [6, 6.07) is 14.2. The van der Waals surface area contributed by atoms with Crippen LogP contribution in [0.4, 0.5) is 13.2 Å². The Hall–Kier alpha value is -3.66. The number of hydrogen-bond acceptors (Lipinski definition) is 6. The fourth-order valence-electron chi connectivity index (χ4n) is 2.99. The van der Waals surface area contributed by atoms with Crippen molar-refractivity contribution in [2.45, 2.75) is 19.8 Å². The van der Waals surface area contributed by atoms with Gasteiger partial charge in [-0.2, -0.15) is 10.1 Å². The Morgan fingerprint density at radius 1 is 1.12 bits per heavy atom. The third kappa shape index (κ3) is 5.33. The van der Waals surface area contributed by atoms with E-state index < -0.39 is 6.36 Å². The molecule has 0 fully saturated rings. The van der Waals surface area contributed by atoms with Gasteiger partial charge < -0.3 is 9.26 Å². The van der Waals surface area contributed by atoms with E-state index in [9.17, 15) is 18.0 Å². The number of halogens is 4. The van der Waals surface area contributed by atoms with E-state index >= 15 is 0 Å². The average molecular weight is 465 g/mol. The molecule has 0 unspecified atom stereocenters. The van der Waals surface area contributed by atoms with Crippen LogP contribution in [-0.4, -0.2) is 32.6 Å². The van der Waals surface area contributed by atoms with Crippen LogP contribution in [-0.2, 0) is 6.54 Å². The molecule has 2 aromatic heterocycles. The van der Waals surface area contributed by atoms with Gasteiger partial charge in [0.25, 0.3) is 5.89 Å². The predicted octanol–water partition coefficient (Wildman–Crippen LogP) is 5.09. The molecule has 0 aliphatic heterocycles. The van der Waals surface area contributed by atoms with Crippen molar-refractivity contribution in [3.8, 4) is 28.7 Å². The Morgan fingerprint density at radius 3 is 2.66 bits per heavy atom. The molecule has 4 aromatic rings. The van der Waals surface area contributed by atoms with Crippen LogP contribution in [0.25, 0.3) is 23.0 Å². The quantitative estimate of drug-likeness (QED) is 0.370. The Labute approximate surface area is 186 Å². The molecular formula is C21H16ClF3N4O3. The molecule has 0 radical (unpaired) electrons. The minimum atomic E-state index is -4.80. The molecule has 0 aliphatic rings. The number of ether oxygens (including phenoxy) is 1. The summed E-state index contributed by atoms with van der Waals surface area (Å²) < 4.78 is 48.2. The van der Waals surface area contributed by atoms with Crippen molar-refractivity contribution in [1.82, 2.24) is 19.9 Å². The predicted molar refractivity (Wildman–Crippen MR) is 111 cm³/mol. The summed E-state index contributed by atoms with van der Waals surface area (Å²) in [5.41, 5.74) is 3.02. The summed E-state index contributed by atoms with van der Waals surface area (Å²) in [5.74, 6) is -0.150. The van der Waals surface area contributed by atoms with Crippen LogP contribution in [0.3, 0.4) is 0 Å². The highest BCUT2D eigenvalue weighted by molar-refractivity contribution is 5.85. The smallest absolute Gasteiger partial charge is 0.406 e. The summed E-state index contributed by atoms with van der Waals surface area (Å²) in [6.45, 7) is 2.29. The largest absolute Gasteiger partial charge is 0.573 e. The first kappa shape index (κ1) is 23.0. The van der Waals surface area contributed by atoms with Gasteiger partial charge in [-0.1, -0.05) is 35.5 Å². The van der Waals surface area contributed by atoms with Gasteiger partial charge >= 0.3 is 6.36 Å². The number of rotatable bonds is 6. The molecular weight excluding hydrogens is 449 g/mol. The minimum Gasteiger partial charge on any atom is -0.406 e. The summed E-state index contributed by atoms with van der Waals surface area (Å²) in [5, 5.41) is 8.30. The maximum absolute atomic E-state index is 12.4. The molecule has 0 aliphatic carbocycles. The van der Waals surface area contributed by atoms with Crippen LogP contribution < -0.4 is 4.74 Å². The van der Waals surface area contributed by atoms with E-state index in [1.807, 2.05) is 13.0 Å². The molecule has 0 N–H and O–H groups in total. The second-order valence-corrected chi connectivity index (χ2v) is 6.69. The molecule has 2 heterocycles. The average Bonchev–Trinajstić information content (AvgIpc) is 3.34. The van der Waals surface area contributed by atoms with Gasteiger partial charge in [0.05, 0.1) is 6.54 Å². The Balaban J connectivity index is 0.00000289. The van der Waals surface area contributed by atoms with Gasteiger partial charge in [0, 0.05) is 16.8 Å². The van der Waals surface area contributed by atoms with Gasteiger partial charge in [-0.15, -0.1) is 25.6 Å². The number of carbonyl (C=O) groups excluding carboxylic acids is 1. The van der Waals surface area contributed by atoms with Crippen LogP contribution in [0, 0.1) is 6.92 Å². The SMILES string of the molecule is Cc1cc(-c2nc(-c3cccc(OC(F)(F)F)c3)no2)nn1Cc1cccc(C=O)c1.Cl. The fraction of sp³-hybridized carbons (Fsp3) is 0.143. The van der Waals surface area contributed by atoms with Crippen LogP contribution in [0.5, 0.6) is 5.75 Å². The molecule has 0 bridgehead atoms. The lowest BCUT2D eigenvalue weighted by molar-refractivity contribution is -0.274. The molecule has 0 amide bonds. The standard InChI is InChI=1S/C21H15F3N4O3.ClH/c1-13-8-18(26-28(13)11-14-4-2-5-15(9-14)12-29)20-25-19(27-31-20)16-6-3-7-17(10-16)30-21(22,23)24;/h2-10,12H,11H2,1H3;1H. The number of alkyl halides is 3. The molecule has 4 rings (SSSR count). The van der Waals surface area contributed by atoms with Gasteiger partial charge in [0.15, 0.2) is 5.69 Å². The van der Waals surface area contributed by atoms with Crippen molar-refractivity contribution >= 4 is 18.7 Å². The topological polar surface area (TPSA) is 83.0 Å². The zero-order chi connectivity index (χ0) is 22.0. The van der Waals surface area contributed by atoms with Gasteiger partial charge in [-0.05, 0) is 36.8 Å². The Bertz CT molecular complexity index is 1240. The van der Waals surface area contributed by atoms with E-state index in [1.54, 1.807) is 35.0 Å². The van der Waals surface area contributed by atoms with Crippen LogP contribution in [0.1, 0.15) is 21.6 Å². The monoisotopic (exact) mass is 464 g/mol. The van der Waals surface area contributed by atoms with Crippen molar-refractivity contribution in [3.05, 3.63) is 71.4 Å². The van der Waals surface area contributed by atoms with Gasteiger partial charge in [-0.3, -0.25) is 9.48 Å². The molecule has 11 heteroatoms. The molecule has 0 atom stereocenters. The number of nitrogens with zero attached hydrogens (tertiary/aromatic N) is 4. The van der Waals surface area contributed by atoms with E-state index in [0.29, 0.717) is 23.4 Å². The maximum atomic E-state index is 12.4. The number of hydrogen-bond donors (Lipinski definition) is 0. The number of carbonyl (C=O) groups is 1. The van der Waals surface area contributed by atoms with Crippen molar-refractivity contribution in [3.63, 3.8) is 0 Å². The van der Waals surface area contributed by atoms with Crippen LogP contribution in [0.15, 0.2) is 59.1 Å². The van der Waals surface area contributed by atoms with Gasteiger partial charge in [-0.25, -0.2) is 0 Å². The maximum Gasteiger partial charge on any atom is 0.573 e. The van der Waals surface area contributed by atoms with Crippen molar-refractivity contribution in [2.75, 3.05) is 0 Å². The van der Waals surface area contributed by atoms with Gasteiger partial charge in [0.1, 0.15) is 12.0 Å². The molecule has 32 heavy (non-hydrogen) atoms.